The van der Waals surface area contributed by atoms with Crippen molar-refractivity contribution in [1.29, 1.82) is 0 Å². The summed E-state index contributed by atoms with van der Waals surface area (Å²) in [5, 5.41) is 4.86. The fourth-order valence-corrected chi connectivity index (χ4v) is 5.68. The number of carbonyl (C=O) groups excluding carboxylic acids is 1. The minimum Gasteiger partial charge on any atom is -0.368 e. The van der Waals surface area contributed by atoms with Crippen LogP contribution in [0.1, 0.15) is 54.3 Å². The van der Waals surface area contributed by atoms with Crippen molar-refractivity contribution in [2.24, 2.45) is 5.92 Å². The molecular formula is C26H29ClN4O2S. The summed E-state index contributed by atoms with van der Waals surface area (Å²) in [6, 6.07) is 13.8. The van der Waals surface area contributed by atoms with Crippen LogP contribution in [0.5, 0.6) is 0 Å². The van der Waals surface area contributed by atoms with Crippen LogP contribution in [-0.2, 0) is 16.0 Å². The number of thiazole rings is 1. The van der Waals surface area contributed by atoms with Crippen LogP contribution in [0.3, 0.4) is 0 Å². The second-order valence-electron chi connectivity index (χ2n) is 8.99. The number of amides is 1. The van der Waals surface area contributed by atoms with Crippen molar-refractivity contribution in [1.82, 2.24) is 14.9 Å². The third kappa shape index (κ3) is 5.77. The van der Waals surface area contributed by atoms with E-state index in [1.165, 1.54) is 12.0 Å². The number of anilines is 2. The molecule has 0 spiro atoms. The number of nitrogens with zero attached hydrogens (tertiary/aromatic N) is 3. The van der Waals surface area contributed by atoms with E-state index in [4.69, 9.17) is 21.3 Å². The molecule has 34 heavy (non-hydrogen) atoms. The van der Waals surface area contributed by atoms with Crippen LogP contribution in [0.4, 0.5) is 10.9 Å². The van der Waals surface area contributed by atoms with E-state index in [0.29, 0.717) is 25.6 Å². The second-order valence-corrected chi connectivity index (χ2v) is 10.5. The SMILES string of the molecule is O=C(C1CCCCC1)N1CCOC(c2cccc(Nc3ncc(Cc4ccc(Cl)cc4)s3)n2)C1. The van der Waals surface area contributed by atoms with E-state index >= 15 is 0 Å². The van der Waals surface area contributed by atoms with Gasteiger partial charge in [-0.15, -0.1) is 11.3 Å². The number of halogens is 1. The van der Waals surface area contributed by atoms with Crippen molar-refractivity contribution in [3.63, 3.8) is 0 Å². The number of pyridine rings is 1. The van der Waals surface area contributed by atoms with Crippen LogP contribution in [0.25, 0.3) is 0 Å². The minimum absolute atomic E-state index is 0.181. The summed E-state index contributed by atoms with van der Waals surface area (Å²) in [6.07, 6.45) is 8.11. The predicted molar refractivity (Wildman–Crippen MR) is 136 cm³/mol. The van der Waals surface area contributed by atoms with E-state index < -0.39 is 0 Å². The molecule has 1 unspecified atom stereocenters. The van der Waals surface area contributed by atoms with E-state index in [-0.39, 0.29) is 12.0 Å². The van der Waals surface area contributed by atoms with Crippen LogP contribution >= 0.6 is 22.9 Å². The molecule has 2 fully saturated rings. The van der Waals surface area contributed by atoms with Crippen LogP contribution in [0, 0.1) is 5.92 Å². The third-order valence-electron chi connectivity index (χ3n) is 6.51. The highest BCUT2D eigenvalue weighted by Crippen LogP contribution is 2.29. The summed E-state index contributed by atoms with van der Waals surface area (Å²) in [6.45, 7) is 1.77. The molecule has 2 aliphatic rings. The van der Waals surface area contributed by atoms with Crippen LogP contribution in [0.15, 0.2) is 48.7 Å². The van der Waals surface area contributed by atoms with Crippen molar-refractivity contribution >= 4 is 39.8 Å². The lowest BCUT2D eigenvalue weighted by atomic mass is 9.88. The molecule has 1 aliphatic heterocycles. The van der Waals surface area contributed by atoms with E-state index in [9.17, 15) is 4.79 Å². The predicted octanol–water partition coefficient (Wildman–Crippen LogP) is 6.01. The Bertz CT molecular complexity index is 1110. The Morgan fingerprint density at radius 2 is 1.97 bits per heavy atom. The molecule has 8 heteroatoms. The van der Waals surface area contributed by atoms with Crippen molar-refractivity contribution in [3.05, 3.63) is 69.8 Å². The average Bonchev–Trinajstić information content (AvgIpc) is 3.32. The van der Waals surface area contributed by atoms with Crippen LogP contribution < -0.4 is 5.32 Å². The van der Waals surface area contributed by atoms with Gasteiger partial charge in [-0.25, -0.2) is 9.97 Å². The van der Waals surface area contributed by atoms with Gasteiger partial charge < -0.3 is 15.0 Å². The summed E-state index contributed by atoms with van der Waals surface area (Å²) in [5.74, 6) is 1.20. The normalized spacial score (nSPS) is 19.2. The molecule has 0 bridgehead atoms. The molecule has 178 valence electrons. The Hall–Kier alpha value is -2.48. The molecule has 1 atom stereocenters. The number of hydrogen-bond acceptors (Lipinski definition) is 6. The molecule has 6 nitrogen and oxygen atoms in total. The number of morpholine rings is 1. The number of nitrogens with one attached hydrogen (secondary N) is 1. The van der Waals surface area contributed by atoms with E-state index in [2.05, 4.69) is 10.3 Å². The van der Waals surface area contributed by atoms with Gasteiger partial charge in [0, 0.05) is 35.0 Å². The van der Waals surface area contributed by atoms with Gasteiger partial charge in [0.15, 0.2) is 5.13 Å². The lowest BCUT2D eigenvalue weighted by Gasteiger charge is -2.35. The van der Waals surface area contributed by atoms with Gasteiger partial charge in [0.05, 0.1) is 18.8 Å². The van der Waals surface area contributed by atoms with Gasteiger partial charge >= 0.3 is 0 Å². The van der Waals surface area contributed by atoms with Gasteiger partial charge in [0.1, 0.15) is 11.9 Å². The molecule has 1 saturated carbocycles. The molecule has 2 aromatic heterocycles. The van der Waals surface area contributed by atoms with Crippen molar-refractivity contribution < 1.29 is 9.53 Å². The van der Waals surface area contributed by atoms with E-state index in [0.717, 1.165) is 58.6 Å². The van der Waals surface area contributed by atoms with Crippen molar-refractivity contribution in [3.8, 4) is 0 Å². The van der Waals surface area contributed by atoms with E-state index in [1.54, 1.807) is 11.3 Å². The van der Waals surface area contributed by atoms with Gasteiger partial charge in [-0.1, -0.05) is 49.1 Å². The number of aromatic nitrogens is 2. The zero-order valence-corrected chi connectivity index (χ0v) is 20.7. The first-order chi connectivity index (χ1) is 16.6. The first-order valence-corrected chi connectivity index (χ1v) is 13.2. The lowest BCUT2D eigenvalue weighted by molar-refractivity contribution is -0.144. The molecule has 0 radical (unpaired) electrons. The van der Waals surface area contributed by atoms with Gasteiger partial charge in [-0.3, -0.25) is 4.79 Å². The highest BCUT2D eigenvalue weighted by molar-refractivity contribution is 7.15. The largest absolute Gasteiger partial charge is 0.368 e. The number of hydrogen-bond donors (Lipinski definition) is 1. The fourth-order valence-electron chi connectivity index (χ4n) is 4.70. The van der Waals surface area contributed by atoms with Gasteiger partial charge in [-0.2, -0.15) is 0 Å². The summed E-state index contributed by atoms with van der Waals surface area (Å²) in [5.41, 5.74) is 2.03. The molecule has 3 aromatic rings. The lowest BCUT2D eigenvalue weighted by Crippen LogP contribution is -2.45. The number of carbonyl (C=O) groups is 1. The Morgan fingerprint density at radius 3 is 2.79 bits per heavy atom. The van der Waals surface area contributed by atoms with Crippen molar-refractivity contribution in [2.75, 3.05) is 25.0 Å². The Labute approximate surface area is 209 Å². The second kappa shape index (κ2) is 10.8. The molecule has 1 aromatic carbocycles. The average molecular weight is 497 g/mol. The number of rotatable bonds is 6. The van der Waals surface area contributed by atoms with Crippen LogP contribution in [0.2, 0.25) is 5.02 Å². The molecule has 1 amide bonds. The molecule has 5 rings (SSSR count). The van der Waals surface area contributed by atoms with Crippen LogP contribution in [-0.4, -0.2) is 40.5 Å². The molecule has 1 saturated heterocycles. The monoisotopic (exact) mass is 496 g/mol. The molecular weight excluding hydrogens is 468 g/mol. The standard InChI is InChI=1S/C26H29ClN4O2S/c27-20-11-9-18(10-12-20)15-21-16-28-26(34-21)30-24-8-4-7-22(29-24)23-17-31(13-14-33-23)25(32)19-5-2-1-3-6-19/h4,7-12,16,19,23H,1-3,5-6,13-15,17H2,(H,28,29,30). The number of ether oxygens (including phenoxy) is 1. The molecule has 1 N–H and O–H groups in total. The van der Waals surface area contributed by atoms with E-state index in [1.807, 2.05) is 53.6 Å². The summed E-state index contributed by atoms with van der Waals surface area (Å²) in [7, 11) is 0. The summed E-state index contributed by atoms with van der Waals surface area (Å²) in [4.78, 5) is 25.4. The Morgan fingerprint density at radius 1 is 1.15 bits per heavy atom. The maximum atomic E-state index is 13.0. The minimum atomic E-state index is -0.209. The molecule has 1 aliphatic carbocycles. The summed E-state index contributed by atoms with van der Waals surface area (Å²) >= 11 is 7.59. The van der Waals surface area contributed by atoms with Gasteiger partial charge in [0.25, 0.3) is 0 Å². The van der Waals surface area contributed by atoms with Gasteiger partial charge in [-0.05, 0) is 42.7 Å². The first kappa shape index (κ1) is 23.3. The van der Waals surface area contributed by atoms with Crippen molar-refractivity contribution in [2.45, 2.75) is 44.6 Å². The maximum absolute atomic E-state index is 13.0. The highest BCUT2D eigenvalue weighted by Gasteiger charge is 2.31. The third-order valence-corrected chi connectivity index (χ3v) is 7.68. The molecule has 3 heterocycles. The highest BCUT2D eigenvalue weighted by atomic mass is 35.5. The quantitative estimate of drug-likeness (QED) is 0.453. The fraction of sp³-hybridized carbons (Fsp3) is 0.423. The Kier molecular flexibility index (Phi) is 7.42. The summed E-state index contributed by atoms with van der Waals surface area (Å²) < 4.78 is 6.01. The zero-order chi connectivity index (χ0) is 23.3. The Balaban J connectivity index is 1.22. The topological polar surface area (TPSA) is 67.3 Å². The smallest absolute Gasteiger partial charge is 0.225 e. The maximum Gasteiger partial charge on any atom is 0.225 e. The number of benzene rings is 1. The first-order valence-electron chi connectivity index (χ1n) is 12.0. The zero-order valence-electron chi connectivity index (χ0n) is 19.1. The van der Waals surface area contributed by atoms with Gasteiger partial charge in [0.2, 0.25) is 5.91 Å².